The number of para-hydroxylation sites is 1. The lowest BCUT2D eigenvalue weighted by atomic mass is 10.2. The van der Waals surface area contributed by atoms with Crippen molar-refractivity contribution in [2.75, 3.05) is 19.0 Å². The predicted molar refractivity (Wildman–Crippen MR) is 163 cm³/mol. The molecule has 1 heterocycles. The Morgan fingerprint density at radius 2 is 1.78 bits per heavy atom. The Hall–Kier alpha value is -4.35. The van der Waals surface area contributed by atoms with Crippen LogP contribution in [-0.4, -0.2) is 35.5 Å². The minimum absolute atomic E-state index is 0.264. The summed E-state index contributed by atoms with van der Waals surface area (Å²) >= 11 is 7.04. The number of anilines is 1. The lowest BCUT2D eigenvalue weighted by Gasteiger charge is -2.15. The minimum Gasteiger partial charge on any atom is -0.493 e. The molecule has 0 saturated heterocycles. The molecule has 0 bridgehead atoms. The molecule has 0 saturated carbocycles. The van der Waals surface area contributed by atoms with Crippen molar-refractivity contribution in [2.45, 2.75) is 0 Å². The zero-order valence-corrected chi connectivity index (χ0v) is 24.6. The molecule has 0 spiro atoms. The van der Waals surface area contributed by atoms with Crippen molar-refractivity contribution in [1.29, 1.82) is 0 Å². The normalized spacial score (nSPS) is 11.1. The van der Waals surface area contributed by atoms with Gasteiger partial charge in [0, 0.05) is 21.3 Å². The Morgan fingerprint density at radius 3 is 2.54 bits per heavy atom. The molecule has 8 nitrogen and oxygen atoms in total. The lowest BCUT2D eigenvalue weighted by molar-refractivity contribution is -0.118. The number of hydrogen-bond acceptors (Lipinski definition) is 6. The molecule has 5 rings (SSSR count). The highest BCUT2D eigenvalue weighted by Crippen LogP contribution is 2.42. The molecular formula is C30H21Br2FN4O4. The molecule has 0 fully saturated rings. The third-order valence-corrected chi connectivity index (χ3v) is 8.07. The molecular weight excluding hydrogens is 659 g/mol. The number of fused-ring (bicyclic) bond motifs is 1. The Labute approximate surface area is 250 Å². The van der Waals surface area contributed by atoms with Crippen LogP contribution in [0.3, 0.4) is 0 Å². The number of aromatic nitrogens is 2. The SMILES string of the molecule is COc1cc(C=Nn2c(-c3ccccc3)nc3ccccc3c2=O)c(Br)c(Br)c1OCC(=O)Nc1cccc(F)c1. The third-order valence-electron chi connectivity index (χ3n) is 5.93. The molecule has 0 aliphatic heterocycles. The van der Waals surface area contributed by atoms with Crippen LogP contribution in [0.2, 0.25) is 0 Å². The fraction of sp³-hybridized carbons (Fsp3) is 0.0667. The van der Waals surface area contributed by atoms with Gasteiger partial charge in [0.1, 0.15) is 5.82 Å². The number of carbonyl (C=O) groups is 1. The van der Waals surface area contributed by atoms with E-state index in [1.165, 1.54) is 36.2 Å². The van der Waals surface area contributed by atoms with E-state index in [9.17, 15) is 14.0 Å². The van der Waals surface area contributed by atoms with Gasteiger partial charge < -0.3 is 14.8 Å². The maximum Gasteiger partial charge on any atom is 0.282 e. The molecule has 0 aliphatic carbocycles. The topological polar surface area (TPSA) is 94.8 Å². The van der Waals surface area contributed by atoms with Gasteiger partial charge in [0.05, 0.1) is 28.7 Å². The van der Waals surface area contributed by atoms with Crippen LogP contribution in [0.4, 0.5) is 10.1 Å². The standard InChI is InChI=1S/C30H21Br2FN4O4/c1-40-24-14-19(26(31)27(32)28(24)41-17-25(38)35-21-11-7-10-20(33)15-21)16-34-37-29(18-8-3-2-4-9-18)36-23-13-6-5-12-22(23)30(37)39/h2-16H,17H2,1H3,(H,35,38). The van der Waals surface area contributed by atoms with E-state index in [4.69, 9.17) is 14.5 Å². The molecule has 1 aromatic heterocycles. The van der Waals surface area contributed by atoms with Crippen LogP contribution in [0.1, 0.15) is 5.56 Å². The first kappa shape index (κ1) is 28.2. The van der Waals surface area contributed by atoms with Gasteiger partial charge in [-0.3, -0.25) is 9.59 Å². The molecule has 0 radical (unpaired) electrons. The molecule has 4 aromatic carbocycles. The van der Waals surface area contributed by atoms with Gasteiger partial charge in [0.25, 0.3) is 11.5 Å². The van der Waals surface area contributed by atoms with Gasteiger partial charge in [0.2, 0.25) is 0 Å². The van der Waals surface area contributed by atoms with E-state index in [1.807, 2.05) is 36.4 Å². The Bertz CT molecular complexity index is 1840. The van der Waals surface area contributed by atoms with Crippen molar-refractivity contribution in [1.82, 2.24) is 9.66 Å². The molecule has 41 heavy (non-hydrogen) atoms. The second kappa shape index (κ2) is 12.4. The summed E-state index contributed by atoms with van der Waals surface area (Å²) in [6, 6.07) is 23.6. The zero-order valence-electron chi connectivity index (χ0n) is 21.5. The van der Waals surface area contributed by atoms with Crippen molar-refractivity contribution < 1.29 is 18.7 Å². The highest BCUT2D eigenvalue weighted by molar-refractivity contribution is 9.13. The largest absolute Gasteiger partial charge is 0.493 e. The summed E-state index contributed by atoms with van der Waals surface area (Å²) in [5, 5.41) is 7.53. The van der Waals surface area contributed by atoms with Crippen molar-refractivity contribution in [3.63, 3.8) is 0 Å². The third kappa shape index (κ3) is 6.21. The first-order valence-corrected chi connectivity index (χ1v) is 13.8. The van der Waals surface area contributed by atoms with Crippen LogP contribution >= 0.6 is 31.9 Å². The first-order valence-electron chi connectivity index (χ1n) is 12.2. The number of benzene rings is 4. The molecule has 206 valence electrons. The van der Waals surface area contributed by atoms with E-state index in [2.05, 4.69) is 42.3 Å². The summed E-state index contributed by atoms with van der Waals surface area (Å²) in [7, 11) is 1.46. The van der Waals surface area contributed by atoms with Gasteiger partial charge in [-0.2, -0.15) is 9.78 Å². The maximum absolute atomic E-state index is 13.5. The number of halogens is 3. The van der Waals surface area contributed by atoms with Crippen LogP contribution in [-0.2, 0) is 4.79 Å². The van der Waals surface area contributed by atoms with E-state index < -0.39 is 11.7 Å². The summed E-state index contributed by atoms with van der Waals surface area (Å²) in [6.45, 7) is -0.357. The van der Waals surface area contributed by atoms with Crippen molar-refractivity contribution >= 4 is 60.6 Å². The molecule has 11 heteroatoms. The van der Waals surface area contributed by atoms with E-state index in [0.717, 1.165) is 5.56 Å². The smallest absolute Gasteiger partial charge is 0.282 e. The number of hydrogen-bond donors (Lipinski definition) is 1. The highest BCUT2D eigenvalue weighted by atomic mass is 79.9. The second-order valence-corrected chi connectivity index (χ2v) is 10.2. The van der Waals surface area contributed by atoms with E-state index >= 15 is 0 Å². The van der Waals surface area contributed by atoms with Crippen LogP contribution in [0, 0.1) is 5.82 Å². The van der Waals surface area contributed by atoms with Gasteiger partial charge in [-0.1, -0.05) is 48.5 Å². The molecule has 0 aliphatic rings. The molecule has 0 atom stereocenters. The zero-order chi connectivity index (χ0) is 28.9. The average molecular weight is 680 g/mol. The number of ether oxygens (including phenoxy) is 2. The quantitative estimate of drug-likeness (QED) is 0.186. The van der Waals surface area contributed by atoms with Gasteiger partial charge >= 0.3 is 0 Å². The van der Waals surface area contributed by atoms with Crippen LogP contribution in [0.5, 0.6) is 11.5 Å². The number of rotatable bonds is 8. The van der Waals surface area contributed by atoms with Crippen LogP contribution < -0.4 is 20.3 Å². The van der Waals surface area contributed by atoms with Crippen LogP contribution in [0.25, 0.3) is 22.3 Å². The van der Waals surface area contributed by atoms with Gasteiger partial charge in [-0.15, -0.1) is 0 Å². The Morgan fingerprint density at radius 1 is 1.02 bits per heavy atom. The van der Waals surface area contributed by atoms with Gasteiger partial charge in [-0.25, -0.2) is 9.37 Å². The van der Waals surface area contributed by atoms with Crippen molar-refractivity contribution in [2.24, 2.45) is 5.10 Å². The maximum atomic E-state index is 13.5. The summed E-state index contributed by atoms with van der Waals surface area (Å²) in [5.74, 6) is 0.0135. The summed E-state index contributed by atoms with van der Waals surface area (Å²) < 4.78 is 27.0. The lowest BCUT2D eigenvalue weighted by Crippen LogP contribution is -2.21. The van der Waals surface area contributed by atoms with Crippen LogP contribution in [0.15, 0.2) is 104 Å². The fourth-order valence-corrected chi connectivity index (χ4v) is 4.95. The summed E-state index contributed by atoms with van der Waals surface area (Å²) in [6.07, 6.45) is 1.50. The molecule has 5 aromatic rings. The van der Waals surface area contributed by atoms with Gasteiger partial charge in [-0.05, 0) is 68.3 Å². The van der Waals surface area contributed by atoms with Gasteiger partial charge in [0.15, 0.2) is 23.9 Å². The predicted octanol–water partition coefficient (Wildman–Crippen LogP) is 6.64. The Kier molecular flexibility index (Phi) is 8.55. The molecule has 0 unspecified atom stereocenters. The number of nitrogens with one attached hydrogen (secondary N) is 1. The van der Waals surface area contributed by atoms with E-state index in [1.54, 1.807) is 30.3 Å². The highest BCUT2D eigenvalue weighted by Gasteiger charge is 2.19. The van der Waals surface area contributed by atoms with Crippen molar-refractivity contribution in [3.05, 3.63) is 116 Å². The molecule has 1 N–H and O–H groups in total. The molecule has 1 amide bonds. The number of nitrogens with zero attached hydrogens (tertiary/aromatic N) is 3. The fourth-order valence-electron chi connectivity index (χ4n) is 4.01. The number of carbonyl (C=O) groups excluding carboxylic acids is 1. The summed E-state index contributed by atoms with van der Waals surface area (Å²) in [5.41, 5.74) is 1.84. The first-order chi connectivity index (χ1) is 19.9. The number of methoxy groups -OCH3 is 1. The number of amides is 1. The van der Waals surface area contributed by atoms with E-state index in [-0.39, 0.29) is 17.9 Å². The Balaban J connectivity index is 1.47. The summed E-state index contributed by atoms with van der Waals surface area (Å²) in [4.78, 5) is 30.6. The average Bonchev–Trinajstić information content (AvgIpc) is 2.98. The minimum atomic E-state index is -0.483. The second-order valence-electron chi connectivity index (χ2n) is 8.65. The van der Waals surface area contributed by atoms with Crippen molar-refractivity contribution in [3.8, 4) is 22.9 Å². The monoisotopic (exact) mass is 678 g/mol. The van der Waals surface area contributed by atoms with E-state index in [0.29, 0.717) is 42.7 Å².